The largest absolute Gasteiger partial charge is 0.423 e. The molecule has 1 aliphatic heterocycles. The number of aromatic nitrogens is 4. The van der Waals surface area contributed by atoms with Crippen LogP contribution in [0.15, 0.2) is 27.5 Å². The number of carbonyl (C=O) groups excluding carboxylic acids is 1. The number of rotatable bonds is 3. The maximum Gasteiger partial charge on any atom is 0.417 e. The van der Waals surface area contributed by atoms with Crippen molar-refractivity contribution in [3.63, 3.8) is 0 Å². The Kier molecular flexibility index (Phi) is 5.37. The quantitative estimate of drug-likeness (QED) is 0.506. The topological polar surface area (TPSA) is 117 Å². The Morgan fingerprint density at radius 3 is 2.61 bits per heavy atom. The number of benzene rings is 1. The molecule has 3 atom stereocenters. The van der Waals surface area contributed by atoms with Crippen LogP contribution in [0.5, 0.6) is 0 Å². The smallest absolute Gasteiger partial charge is 0.417 e. The monoisotopic (exact) mass is 510 g/mol. The summed E-state index contributed by atoms with van der Waals surface area (Å²) in [6, 6.07) is -0.0921. The van der Waals surface area contributed by atoms with Crippen molar-refractivity contribution in [2.45, 2.75) is 50.9 Å². The number of urea groups is 1. The van der Waals surface area contributed by atoms with E-state index in [1.807, 2.05) is 11.9 Å². The van der Waals surface area contributed by atoms with E-state index in [0.29, 0.717) is 37.4 Å². The molecule has 2 amide bonds. The Labute approximate surface area is 199 Å². The van der Waals surface area contributed by atoms with Gasteiger partial charge in [-0.05, 0) is 30.9 Å². The molecule has 2 aliphatic rings. The van der Waals surface area contributed by atoms with E-state index < -0.39 is 57.6 Å². The molecule has 0 radical (unpaired) electrons. The molecule has 3 heterocycles. The number of anilines is 1. The number of hydrogen-bond donors (Lipinski definition) is 2. The molecule has 5 rings (SSSR count). The van der Waals surface area contributed by atoms with Crippen LogP contribution in [0, 0.1) is 24.5 Å². The minimum atomic E-state index is -5.03. The van der Waals surface area contributed by atoms with Gasteiger partial charge >= 0.3 is 12.2 Å². The molecule has 2 bridgehead atoms. The van der Waals surface area contributed by atoms with E-state index in [9.17, 15) is 31.5 Å². The first-order chi connectivity index (χ1) is 16.9. The first kappa shape index (κ1) is 23.9. The van der Waals surface area contributed by atoms with Crippen molar-refractivity contribution in [3.8, 4) is 11.4 Å². The van der Waals surface area contributed by atoms with E-state index in [1.54, 1.807) is 6.92 Å². The lowest BCUT2D eigenvalue weighted by atomic mass is 9.64. The van der Waals surface area contributed by atoms with Gasteiger partial charge in [-0.15, -0.1) is 10.2 Å². The highest BCUT2D eigenvalue weighted by Crippen LogP contribution is 2.55. The second kappa shape index (κ2) is 8.10. The van der Waals surface area contributed by atoms with Crippen LogP contribution >= 0.6 is 0 Å². The molecule has 0 unspecified atom stereocenters. The van der Waals surface area contributed by atoms with Gasteiger partial charge in [0.25, 0.3) is 5.56 Å². The van der Waals surface area contributed by atoms with Gasteiger partial charge in [-0.2, -0.15) is 17.6 Å². The predicted molar refractivity (Wildman–Crippen MR) is 114 cm³/mol. The van der Waals surface area contributed by atoms with Gasteiger partial charge in [0.2, 0.25) is 17.6 Å². The van der Waals surface area contributed by atoms with E-state index in [2.05, 4.69) is 20.5 Å². The Hall–Kier alpha value is -3.84. The molecule has 2 fully saturated rings. The van der Waals surface area contributed by atoms with Gasteiger partial charge in [0.15, 0.2) is 0 Å². The van der Waals surface area contributed by atoms with Crippen molar-refractivity contribution in [3.05, 3.63) is 57.7 Å². The van der Waals surface area contributed by atoms with Crippen molar-refractivity contribution in [1.82, 2.24) is 25.1 Å². The molecule has 36 heavy (non-hydrogen) atoms. The third-order valence-electron chi connectivity index (χ3n) is 6.57. The van der Waals surface area contributed by atoms with Crippen LogP contribution in [0.2, 0.25) is 0 Å². The predicted octanol–water partition coefficient (Wildman–Crippen LogP) is 4.36. The molecule has 2 N–H and O–H groups in total. The number of piperidine rings is 1. The SMILES string of the molecule is Cc1nnc([C@@]23C[C@@H](C)C[C@@H](C2)N3C(=O)Nc2cc(-c3ncc(F)c(=O)[nH]3)c(C(F)(F)F)cc2F)o1. The molecule has 3 aromatic rings. The van der Waals surface area contributed by atoms with E-state index >= 15 is 0 Å². The van der Waals surface area contributed by atoms with Crippen molar-refractivity contribution < 1.29 is 31.2 Å². The zero-order valence-corrected chi connectivity index (χ0v) is 18.9. The molecule has 0 spiro atoms. The van der Waals surface area contributed by atoms with Crippen molar-refractivity contribution in [2.75, 3.05) is 5.32 Å². The van der Waals surface area contributed by atoms with Crippen LogP contribution in [-0.2, 0) is 11.7 Å². The number of aromatic amines is 1. The first-order valence-corrected chi connectivity index (χ1v) is 11.0. The molecular weight excluding hydrogens is 491 g/mol. The average Bonchev–Trinajstić information content (AvgIpc) is 3.22. The van der Waals surface area contributed by atoms with Crippen molar-refractivity contribution >= 4 is 11.7 Å². The number of halogens is 5. The lowest BCUT2D eigenvalue weighted by Crippen LogP contribution is -2.70. The second-order valence-corrected chi connectivity index (χ2v) is 9.15. The Morgan fingerprint density at radius 2 is 1.97 bits per heavy atom. The van der Waals surface area contributed by atoms with Crippen LogP contribution in [0.1, 0.15) is 43.5 Å². The summed E-state index contributed by atoms with van der Waals surface area (Å²) in [5, 5.41) is 10.2. The van der Waals surface area contributed by atoms with Gasteiger partial charge in [0, 0.05) is 24.9 Å². The fraction of sp³-hybridized carbons (Fsp3) is 0.409. The Balaban J connectivity index is 1.53. The number of alkyl halides is 3. The van der Waals surface area contributed by atoms with E-state index in [1.165, 1.54) is 4.90 Å². The number of fused-ring (bicyclic) bond motifs is 2. The number of nitrogens with one attached hydrogen (secondary N) is 2. The number of aryl methyl sites for hydroxylation is 1. The van der Waals surface area contributed by atoms with E-state index in [-0.39, 0.29) is 23.9 Å². The van der Waals surface area contributed by atoms with Gasteiger partial charge in [-0.3, -0.25) is 4.79 Å². The molecule has 1 aliphatic carbocycles. The highest BCUT2D eigenvalue weighted by atomic mass is 19.4. The van der Waals surface area contributed by atoms with Crippen LogP contribution in [0.4, 0.5) is 32.4 Å². The van der Waals surface area contributed by atoms with Gasteiger partial charge < -0.3 is 19.6 Å². The van der Waals surface area contributed by atoms with Gasteiger partial charge in [-0.25, -0.2) is 14.2 Å². The molecule has 1 aromatic carbocycles. The van der Waals surface area contributed by atoms with Crippen LogP contribution in [-0.4, -0.2) is 37.1 Å². The summed E-state index contributed by atoms with van der Waals surface area (Å²) in [7, 11) is 0. The first-order valence-electron chi connectivity index (χ1n) is 11.0. The lowest BCUT2D eigenvalue weighted by Gasteiger charge is -2.61. The molecule has 1 saturated heterocycles. The standard InChI is InChI=1S/C22H19F5N6O3/c1-9-3-11-7-21(6-9,19-32-31-10(2)36-19)33(11)20(35)29-16-4-12(13(5-14(16)23)22(25,26)27)17-28-8-15(24)18(34)30-17/h4-5,8-9,11H,3,6-7H2,1-2H3,(H,29,35)(H,28,30,34)/t9-,11-,21+/m0/s1. The third-order valence-corrected chi connectivity index (χ3v) is 6.57. The maximum atomic E-state index is 14.8. The van der Waals surface area contributed by atoms with Crippen LogP contribution < -0.4 is 10.9 Å². The average molecular weight is 510 g/mol. The zero-order valence-electron chi connectivity index (χ0n) is 18.9. The summed E-state index contributed by atoms with van der Waals surface area (Å²) in [4.78, 5) is 31.8. The normalized spacial score (nSPS) is 23.4. The summed E-state index contributed by atoms with van der Waals surface area (Å²) in [6.45, 7) is 3.62. The van der Waals surface area contributed by atoms with Gasteiger partial charge in [0.1, 0.15) is 17.2 Å². The second-order valence-electron chi connectivity index (χ2n) is 9.15. The van der Waals surface area contributed by atoms with Crippen LogP contribution in [0.3, 0.4) is 0 Å². The third kappa shape index (κ3) is 3.80. The molecule has 2 aromatic heterocycles. The molecule has 9 nitrogen and oxygen atoms in total. The number of amides is 2. The molecule has 1 saturated carbocycles. The van der Waals surface area contributed by atoms with Gasteiger partial charge in [0.05, 0.1) is 17.4 Å². The number of H-pyrrole nitrogens is 1. The Bertz CT molecular complexity index is 1420. The minimum Gasteiger partial charge on any atom is -0.423 e. The number of carbonyl (C=O) groups is 1. The van der Waals surface area contributed by atoms with Gasteiger partial charge in [-0.1, -0.05) is 6.92 Å². The molecular formula is C22H19F5N6O3. The Morgan fingerprint density at radius 1 is 1.22 bits per heavy atom. The summed E-state index contributed by atoms with van der Waals surface area (Å²) in [5.41, 5.74) is -4.99. The van der Waals surface area contributed by atoms with Crippen molar-refractivity contribution in [2.24, 2.45) is 5.92 Å². The van der Waals surface area contributed by atoms with Crippen molar-refractivity contribution in [1.29, 1.82) is 0 Å². The number of nitrogens with zero attached hydrogens (tertiary/aromatic N) is 4. The van der Waals surface area contributed by atoms with E-state index in [4.69, 9.17) is 4.42 Å². The zero-order chi connectivity index (χ0) is 26.0. The summed E-state index contributed by atoms with van der Waals surface area (Å²) in [6.07, 6.45) is -2.84. The number of hydrogen-bond acceptors (Lipinski definition) is 6. The highest BCUT2D eigenvalue weighted by Gasteiger charge is 2.62. The van der Waals surface area contributed by atoms with E-state index in [0.717, 1.165) is 0 Å². The molecule has 14 heteroatoms. The number of likely N-dealkylation sites (tertiary alicyclic amines) is 1. The summed E-state index contributed by atoms with van der Waals surface area (Å²) < 4.78 is 74.7. The minimum absolute atomic E-state index is 0.185. The fourth-order valence-corrected chi connectivity index (χ4v) is 5.22. The molecule has 190 valence electrons. The van der Waals surface area contributed by atoms with Crippen LogP contribution in [0.25, 0.3) is 11.4 Å². The summed E-state index contributed by atoms with van der Waals surface area (Å²) >= 11 is 0. The highest BCUT2D eigenvalue weighted by molar-refractivity contribution is 5.92. The summed E-state index contributed by atoms with van der Waals surface area (Å²) in [5.74, 6) is -2.53. The maximum absolute atomic E-state index is 14.8. The fourth-order valence-electron chi connectivity index (χ4n) is 5.22. The lowest BCUT2D eigenvalue weighted by molar-refractivity contribution is -0.137.